The van der Waals surface area contributed by atoms with E-state index in [2.05, 4.69) is 0 Å². The van der Waals surface area contributed by atoms with Gasteiger partial charge in [-0.2, -0.15) is 0 Å². The number of halogens is 3. The van der Waals surface area contributed by atoms with Gasteiger partial charge in [0.25, 0.3) is 11.1 Å². The van der Waals surface area contributed by atoms with Gasteiger partial charge in [0.1, 0.15) is 11.5 Å². The fourth-order valence-corrected chi connectivity index (χ4v) is 4.38. The first-order valence-electron chi connectivity index (χ1n) is 8.46. The summed E-state index contributed by atoms with van der Waals surface area (Å²) in [5.74, 6) is 0.610. The molecule has 146 valence electrons. The van der Waals surface area contributed by atoms with E-state index in [9.17, 15) is 9.59 Å². The average Bonchev–Trinajstić information content (AvgIpc) is 3.23. The summed E-state index contributed by atoms with van der Waals surface area (Å²) in [6.45, 7) is 0.117. The van der Waals surface area contributed by atoms with Crippen LogP contribution in [0.2, 0.25) is 15.1 Å². The van der Waals surface area contributed by atoms with Crippen LogP contribution in [0.25, 0.3) is 17.4 Å². The zero-order valence-corrected chi connectivity index (χ0v) is 17.8. The first kappa shape index (κ1) is 20.1. The normalized spacial score (nSPS) is 15.6. The predicted octanol–water partition coefficient (Wildman–Crippen LogP) is 7.14. The second-order valence-corrected chi connectivity index (χ2v) is 8.49. The Kier molecular flexibility index (Phi) is 5.74. The quantitative estimate of drug-likeness (QED) is 0.385. The lowest BCUT2D eigenvalue weighted by Crippen LogP contribution is -2.27. The number of furan rings is 1. The molecule has 0 spiro atoms. The fraction of sp³-hybridized carbons (Fsp3) is 0.0476. The molecule has 0 atom stereocenters. The summed E-state index contributed by atoms with van der Waals surface area (Å²) in [6.07, 6.45) is 1.55. The molecule has 3 aromatic rings. The maximum Gasteiger partial charge on any atom is 0.293 e. The third kappa shape index (κ3) is 4.38. The van der Waals surface area contributed by atoms with E-state index in [0.29, 0.717) is 37.7 Å². The number of imide groups is 1. The van der Waals surface area contributed by atoms with Crippen molar-refractivity contribution >= 4 is 63.8 Å². The van der Waals surface area contributed by atoms with E-state index in [4.69, 9.17) is 39.2 Å². The van der Waals surface area contributed by atoms with Crippen LogP contribution in [0.1, 0.15) is 11.3 Å². The summed E-state index contributed by atoms with van der Waals surface area (Å²) in [5.41, 5.74) is 1.42. The third-order valence-corrected chi connectivity index (χ3v) is 5.92. The predicted molar refractivity (Wildman–Crippen MR) is 117 cm³/mol. The highest BCUT2D eigenvalue weighted by Gasteiger charge is 2.35. The standard InChI is InChI=1S/C21H12Cl3NO3S/c22-14-7-13(8-15(23)9-14)18-6-5-16(28-18)10-19-20(26)25(21(27)29-19)11-12-3-1-2-4-17(12)24/h1-10H,11H2/b19-10-. The summed E-state index contributed by atoms with van der Waals surface area (Å²) >= 11 is 19.1. The number of hydrogen-bond donors (Lipinski definition) is 0. The molecule has 1 aromatic heterocycles. The van der Waals surface area contributed by atoms with Crippen molar-refractivity contribution in [3.8, 4) is 11.3 Å². The van der Waals surface area contributed by atoms with Gasteiger partial charge in [0.15, 0.2) is 0 Å². The van der Waals surface area contributed by atoms with Crippen molar-refractivity contribution in [2.24, 2.45) is 0 Å². The van der Waals surface area contributed by atoms with E-state index in [1.54, 1.807) is 54.6 Å². The minimum absolute atomic E-state index is 0.117. The highest BCUT2D eigenvalue weighted by atomic mass is 35.5. The summed E-state index contributed by atoms with van der Waals surface area (Å²) in [4.78, 5) is 26.5. The van der Waals surface area contributed by atoms with Gasteiger partial charge in [0.2, 0.25) is 0 Å². The van der Waals surface area contributed by atoms with Crippen LogP contribution in [0.15, 0.2) is 63.9 Å². The maximum absolute atomic E-state index is 12.7. The molecule has 1 saturated heterocycles. The Balaban J connectivity index is 1.56. The number of benzene rings is 2. The highest BCUT2D eigenvalue weighted by molar-refractivity contribution is 8.18. The molecule has 0 unspecified atom stereocenters. The minimum Gasteiger partial charge on any atom is -0.457 e. The number of carbonyl (C=O) groups is 2. The molecule has 1 fully saturated rings. The molecule has 0 bridgehead atoms. The Morgan fingerprint density at radius 1 is 0.966 bits per heavy atom. The van der Waals surface area contributed by atoms with E-state index in [0.717, 1.165) is 16.7 Å². The van der Waals surface area contributed by atoms with Gasteiger partial charge in [-0.3, -0.25) is 14.5 Å². The van der Waals surface area contributed by atoms with Crippen molar-refractivity contribution in [2.45, 2.75) is 6.54 Å². The van der Waals surface area contributed by atoms with Gasteiger partial charge in [0, 0.05) is 26.7 Å². The van der Waals surface area contributed by atoms with Crippen LogP contribution in [-0.4, -0.2) is 16.0 Å². The van der Waals surface area contributed by atoms with Gasteiger partial charge in [-0.15, -0.1) is 0 Å². The Bertz CT molecular complexity index is 1140. The van der Waals surface area contributed by atoms with Crippen molar-refractivity contribution in [1.29, 1.82) is 0 Å². The molecular formula is C21H12Cl3NO3S. The van der Waals surface area contributed by atoms with Crippen LogP contribution in [-0.2, 0) is 11.3 Å². The lowest BCUT2D eigenvalue weighted by Gasteiger charge is -2.13. The maximum atomic E-state index is 12.7. The first-order chi connectivity index (χ1) is 13.9. The van der Waals surface area contributed by atoms with Gasteiger partial charge >= 0.3 is 0 Å². The molecule has 0 aliphatic carbocycles. The van der Waals surface area contributed by atoms with E-state index in [-0.39, 0.29) is 22.6 Å². The third-order valence-electron chi connectivity index (χ3n) is 4.21. The number of nitrogens with zero attached hydrogens (tertiary/aromatic N) is 1. The van der Waals surface area contributed by atoms with Crippen molar-refractivity contribution < 1.29 is 14.0 Å². The first-order valence-corrected chi connectivity index (χ1v) is 10.4. The van der Waals surface area contributed by atoms with Crippen LogP contribution < -0.4 is 0 Å². The molecule has 0 radical (unpaired) electrons. The average molecular weight is 465 g/mol. The Morgan fingerprint density at radius 3 is 2.41 bits per heavy atom. The zero-order chi connectivity index (χ0) is 20.5. The van der Waals surface area contributed by atoms with E-state index in [1.807, 2.05) is 6.07 Å². The largest absolute Gasteiger partial charge is 0.457 e. The smallest absolute Gasteiger partial charge is 0.293 e. The molecule has 2 heterocycles. The van der Waals surface area contributed by atoms with Crippen molar-refractivity contribution in [3.63, 3.8) is 0 Å². The Hall–Kier alpha value is -2.18. The number of carbonyl (C=O) groups excluding carboxylic acids is 2. The minimum atomic E-state index is -0.385. The van der Waals surface area contributed by atoms with Gasteiger partial charge in [0.05, 0.1) is 11.4 Å². The molecule has 29 heavy (non-hydrogen) atoms. The van der Waals surface area contributed by atoms with E-state index < -0.39 is 0 Å². The molecular weight excluding hydrogens is 453 g/mol. The molecule has 0 N–H and O–H groups in total. The SMILES string of the molecule is O=C1S/C(=C\c2ccc(-c3cc(Cl)cc(Cl)c3)o2)C(=O)N1Cc1ccccc1Cl. The number of thioether (sulfide) groups is 1. The van der Waals surface area contributed by atoms with Crippen molar-refractivity contribution in [1.82, 2.24) is 4.90 Å². The lowest BCUT2D eigenvalue weighted by atomic mass is 10.2. The molecule has 0 saturated carbocycles. The summed E-state index contributed by atoms with van der Waals surface area (Å²) in [5, 5.41) is 1.14. The van der Waals surface area contributed by atoms with Crippen LogP contribution in [0, 0.1) is 0 Å². The molecule has 8 heteroatoms. The number of hydrogen-bond acceptors (Lipinski definition) is 4. The molecule has 1 aliphatic rings. The molecule has 4 nitrogen and oxygen atoms in total. The lowest BCUT2D eigenvalue weighted by molar-refractivity contribution is -0.123. The Labute approximate surface area is 186 Å². The van der Waals surface area contributed by atoms with Gasteiger partial charge < -0.3 is 4.42 Å². The summed E-state index contributed by atoms with van der Waals surface area (Å²) < 4.78 is 5.79. The van der Waals surface area contributed by atoms with Gasteiger partial charge in [-0.25, -0.2) is 0 Å². The molecule has 2 amide bonds. The van der Waals surface area contributed by atoms with Crippen molar-refractivity contribution in [3.05, 3.63) is 85.9 Å². The number of rotatable bonds is 4. The van der Waals surface area contributed by atoms with Crippen molar-refractivity contribution in [2.75, 3.05) is 0 Å². The summed E-state index contributed by atoms with van der Waals surface area (Å²) in [7, 11) is 0. The zero-order valence-electron chi connectivity index (χ0n) is 14.7. The second kappa shape index (κ2) is 8.28. The monoisotopic (exact) mass is 463 g/mol. The molecule has 4 rings (SSSR count). The molecule has 2 aromatic carbocycles. The van der Waals surface area contributed by atoms with Gasteiger partial charge in [-0.05, 0) is 53.7 Å². The highest BCUT2D eigenvalue weighted by Crippen LogP contribution is 2.35. The van der Waals surface area contributed by atoms with Crippen LogP contribution in [0.3, 0.4) is 0 Å². The van der Waals surface area contributed by atoms with Crippen LogP contribution in [0.4, 0.5) is 4.79 Å². The van der Waals surface area contributed by atoms with Crippen LogP contribution in [0.5, 0.6) is 0 Å². The fourth-order valence-electron chi connectivity index (χ4n) is 2.84. The second-order valence-electron chi connectivity index (χ2n) is 6.22. The molecule has 1 aliphatic heterocycles. The van der Waals surface area contributed by atoms with E-state index in [1.165, 1.54) is 0 Å². The van der Waals surface area contributed by atoms with E-state index >= 15 is 0 Å². The topological polar surface area (TPSA) is 50.5 Å². The van der Waals surface area contributed by atoms with Crippen LogP contribution >= 0.6 is 46.6 Å². The van der Waals surface area contributed by atoms with Gasteiger partial charge in [-0.1, -0.05) is 53.0 Å². The number of amides is 2. The summed E-state index contributed by atoms with van der Waals surface area (Å²) in [6, 6.07) is 15.7. The Morgan fingerprint density at radius 2 is 1.69 bits per heavy atom.